The summed E-state index contributed by atoms with van der Waals surface area (Å²) >= 11 is 1.32. The summed E-state index contributed by atoms with van der Waals surface area (Å²) in [7, 11) is 0. The molecule has 1 atom stereocenters. The van der Waals surface area contributed by atoms with E-state index < -0.39 is 29.1 Å². The number of amides is 2. The van der Waals surface area contributed by atoms with Gasteiger partial charge in [0.15, 0.2) is 5.16 Å². The molecule has 2 aromatic carbocycles. The first-order valence-corrected chi connectivity index (χ1v) is 10.6. The monoisotopic (exact) mass is 438 g/mol. The van der Waals surface area contributed by atoms with E-state index in [4.69, 9.17) is 0 Å². The van der Waals surface area contributed by atoms with Crippen molar-refractivity contribution in [1.29, 1.82) is 0 Å². The number of fused-ring (bicyclic) bond motifs is 1. The Morgan fingerprint density at radius 3 is 2.77 bits per heavy atom. The van der Waals surface area contributed by atoms with E-state index in [0.29, 0.717) is 16.5 Å². The average molecular weight is 438 g/mol. The fourth-order valence-electron chi connectivity index (χ4n) is 3.32. The molecule has 1 aliphatic heterocycles. The molecule has 1 aromatic heterocycles. The van der Waals surface area contributed by atoms with Gasteiger partial charge in [0.05, 0.1) is 11.5 Å². The summed E-state index contributed by atoms with van der Waals surface area (Å²) in [5.74, 6) is -1.86. The Balaban J connectivity index is 1.60. The third-order valence-electron chi connectivity index (χ3n) is 4.92. The number of hydrogen-bond acceptors (Lipinski definition) is 5. The van der Waals surface area contributed by atoms with Crippen LogP contribution in [0.4, 0.5) is 15.9 Å². The zero-order chi connectivity index (χ0) is 22.0. The number of H-pyrrole nitrogens is 1. The average Bonchev–Trinajstić information content (AvgIpc) is 2.74. The second-order valence-corrected chi connectivity index (χ2v) is 8.13. The summed E-state index contributed by atoms with van der Waals surface area (Å²) in [6.07, 6.45) is -0.200. The number of halogens is 1. The summed E-state index contributed by atoms with van der Waals surface area (Å²) in [6, 6.07) is 13.7. The highest BCUT2D eigenvalue weighted by Crippen LogP contribution is 2.31. The van der Waals surface area contributed by atoms with E-state index >= 15 is 0 Å². The molecule has 158 valence electrons. The number of aromatic amines is 1. The number of aryl methyl sites for hydroxylation is 1. The maximum atomic E-state index is 13.6. The van der Waals surface area contributed by atoms with Crippen molar-refractivity contribution in [2.45, 2.75) is 30.2 Å². The minimum absolute atomic E-state index is 0.0756. The molecule has 0 fully saturated rings. The third kappa shape index (κ3) is 4.66. The quantitative estimate of drug-likeness (QED) is 0.417. The molecular weight excluding hydrogens is 419 g/mol. The van der Waals surface area contributed by atoms with Crippen LogP contribution >= 0.6 is 11.8 Å². The van der Waals surface area contributed by atoms with Gasteiger partial charge in [-0.25, -0.2) is 9.37 Å². The fraction of sp³-hybridized carbons (Fsp3) is 0.182. The van der Waals surface area contributed by atoms with Crippen molar-refractivity contribution in [3.05, 3.63) is 81.4 Å². The Bertz CT molecular complexity index is 1210. The van der Waals surface area contributed by atoms with Crippen LogP contribution in [0.5, 0.6) is 0 Å². The van der Waals surface area contributed by atoms with Gasteiger partial charge in [0.1, 0.15) is 11.6 Å². The molecule has 31 heavy (non-hydrogen) atoms. The fourth-order valence-corrected chi connectivity index (χ4v) is 4.13. The molecule has 7 nitrogen and oxygen atoms in total. The molecule has 0 aliphatic carbocycles. The van der Waals surface area contributed by atoms with Crippen LogP contribution in [0.15, 0.2) is 58.5 Å². The summed E-state index contributed by atoms with van der Waals surface area (Å²) in [5.41, 5.74) is 1.61. The zero-order valence-electron chi connectivity index (χ0n) is 16.6. The van der Waals surface area contributed by atoms with E-state index in [-0.39, 0.29) is 23.5 Å². The number of benzene rings is 2. The van der Waals surface area contributed by atoms with Gasteiger partial charge in [-0.15, -0.1) is 0 Å². The molecule has 0 saturated carbocycles. The van der Waals surface area contributed by atoms with E-state index in [1.165, 1.54) is 30.0 Å². The molecule has 3 N–H and O–H groups in total. The summed E-state index contributed by atoms with van der Waals surface area (Å²) in [6.45, 7) is 1.72. The molecular formula is C22H19FN4O3S. The first kappa shape index (κ1) is 20.8. The van der Waals surface area contributed by atoms with Crippen LogP contribution in [-0.2, 0) is 15.3 Å². The summed E-state index contributed by atoms with van der Waals surface area (Å²) in [4.78, 5) is 44.9. The van der Waals surface area contributed by atoms with Gasteiger partial charge in [-0.3, -0.25) is 14.4 Å². The Labute approximate surface area is 181 Å². The molecule has 0 spiro atoms. The zero-order valence-corrected chi connectivity index (χ0v) is 17.4. The molecule has 1 unspecified atom stereocenters. The predicted octanol–water partition coefficient (Wildman–Crippen LogP) is 3.57. The van der Waals surface area contributed by atoms with Crippen LogP contribution in [0.1, 0.15) is 29.0 Å². The lowest BCUT2D eigenvalue weighted by molar-refractivity contribution is -0.123. The van der Waals surface area contributed by atoms with Crippen molar-refractivity contribution in [3.63, 3.8) is 0 Å². The number of hydrogen-bond donors (Lipinski definition) is 3. The van der Waals surface area contributed by atoms with Gasteiger partial charge in [0.2, 0.25) is 11.8 Å². The second kappa shape index (κ2) is 8.73. The Morgan fingerprint density at radius 1 is 1.23 bits per heavy atom. The molecule has 0 bridgehead atoms. The van der Waals surface area contributed by atoms with Gasteiger partial charge in [-0.2, -0.15) is 0 Å². The minimum Gasteiger partial charge on any atom is -0.325 e. The molecule has 9 heteroatoms. The maximum Gasteiger partial charge on any atom is 0.257 e. The summed E-state index contributed by atoms with van der Waals surface area (Å²) in [5, 5.41) is 5.55. The van der Waals surface area contributed by atoms with Crippen molar-refractivity contribution in [3.8, 4) is 0 Å². The topological polar surface area (TPSA) is 104 Å². The van der Waals surface area contributed by atoms with Gasteiger partial charge >= 0.3 is 0 Å². The van der Waals surface area contributed by atoms with Crippen LogP contribution in [0.3, 0.4) is 0 Å². The lowest BCUT2D eigenvalue weighted by Gasteiger charge is -2.23. The predicted molar refractivity (Wildman–Crippen MR) is 117 cm³/mol. The molecule has 3 aromatic rings. The number of aromatic nitrogens is 2. The number of carbonyl (C=O) groups is 2. The number of thioether (sulfide) groups is 1. The molecule has 0 radical (unpaired) electrons. The van der Waals surface area contributed by atoms with Gasteiger partial charge in [0, 0.05) is 17.9 Å². The van der Waals surface area contributed by atoms with Gasteiger partial charge in [0.25, 0.3) is 5.56 Å². The normalized spacial score (nSPS) is 15.2. The largest absolute Gasteiger partial charge is 0.325 e. The van der Waals surface area contributed by atoms with Gasteiger partial charge in [-0.1, -0.05) is 48.2 Å². The number of anilines is 2. The van der Waals surface area contributed by atoms with E-state index in [0.717, 1.165) is 5.56 Å². The smallest absolute Gasteiger partial charge is 0.257 e. The van der Waals surface area contributed by atoms with Crippen molar-refractivity contribution in [2.24, 2.45) is 0 Å². The lowest BCUT2D eigenvalue weighted by Crippen LogP contribution is -2.36. The molecule has 0 saturated heterocycles. The van der Waals surface area contributed by atoms with Crippen LogP contribution in [0.25, 0.3) is 0 Å². The van der Waals surface area contributed by atoms with Gasteiger partial charge < -0.3 is 15.6 Å². The van der Waals surface area contributed by atoms with E-state index in [2.05, 4.69) is 20.6 Å². The SMILES string of the molecule is Cc1ccc(F)cc1NC(=O)C1CC(=O)Nc2nc(SCc3ccccc3)[nH]c(=O)c21. The van der Waals surface area contributed by atoms with E-state index in [1.54, 1.807) is 6.92 Å². The van der Waals surface area contributed by atoms with Crippen LogP contribution in [0, 0.1) is 12.7 Å². The Kier molecular flexibility index (Phi) is 5.85. The summed E-state index contributed by atoms with van der Waals surface area (Å²) < 4.78 is 13.6. The second-order valence-electron chi connectivity index (χ2n) is 7.16. The Morgan fingerprint density at radius 2 is 2.00 bits per heavy atom. The third-order valence-corrected chi connectivity index (χ3v) is 5.87. The van der Waals surface area contributed by atoms with Crippen LogP contribution < -0.4 is 16.2 Å². The van der Waals surface area contributed by atoms with Crippen molar-refractivity contribution in [1.82, 2.24) is 9.97 Å². The number of nitrogens with one attached hydrogen (secondary N) is 3. The first-order valence-electron chi connectivity index (χ1n) is 9.58. The Hall–Kier alpha value is -3.46. The standard InChI is InChI=1S/C22H19FN4O3S/c1-12-7-8-14(23)9-16(12)24-20(29)15-10-17(28)25-19-18(15)21(30)27-22(26-19)31-11-13-5-3-2-4-6-13/h2-9,15H,10-11H2,1H3,(H,24,29)(H2,25,26,27,28,30). The van der Waals surface area contributed by atoms with E-state index in [1.807, 2.05) is 30.3 Å². The number of nitrogens with zero attached hydrogens (tertiary/aromatic N) is 1. The van der Waals surface area contributed by atoms with Crippen molar-refractivity contribution < 1.29 is 14.0 Å². The molecule has 4 rings (SSSR count). The number of carbonyl (C=O) groups excluding carboxylic acids is 2. The first-order chi connectivity index (χ1) is 14.9. The minimum atomic E-state index is -1.03. The molecule has 2 heterocycles. The highest BCUT2D eigenvalue weighted by atomic mass is 32.2. The van der Waals surface area contributed by atoms with E-state index in [9.17, 15) is 18.8 Å². The highest BCUT2D eigenvalue weighted by molar-refractivity contribution is 7.98. The van der Waals surface area contributed by atoms with Crippen LogP contribution in [-0.4, -0.2) is 21.8 Å². The highest BCUT2D eigenvalue weighted by Gasteiger charge is 2.35. The maximum absolute atomic E-state index is 13.6. The van der Waals surface area contributed by atoms with Crippen molar-refractivity contribution in [2.75, 3.05) is 10.6 Å². The number of rotatable bonds is 5. The molecule has 1 aliphatic rings. The molecule has 2 amide bonds. The lowest BCUT2D eigenvalue weighted by atomic mass is 9.92. The van der Waals surface area contributed by atoms with Crippen molar-refractivity contribution >= 4 is 35.1 Å². The van der Waals surface area contributed by atoms with Gasteiger partial charge in [-0.05, 0) is 30.2 Å². The van der Waals surface area contributed by atoms with Crippen LogP contribution in [0.2, 0.25) is 0 Å².